The van der Waals surface area contributed by atoms with Gasteiger partial charge in [-0.1, -0.05) is 12.1 Å². The lowest BCUT2D eigenvalue weighted by Gasteiger charge is -2.25. The summed E-state index contributed by atoms with van der Waals surface area (Å²) in [5, 5.41) is 6.78. The van der Waals surface area contributed by atoms with E-state index >= 15 is 0 Å². The van der Waals surface area contributed by atoms with Crippen LogP contribution in [0, 0.1) is 0 Å². The summed E-state index contributed by atoms with van der Waals surface area (Å²) in [7, 11) is 0. The molecule has 1 atom stereocenters. The summed E-state index contributed by atoms with van der Waals surface area (Å²) in [5.41, 5.74) is 1.48. The predicted octanol–water partition coefficient (Wildman–Crippen LogP) is 2.03. The maximum atomic E-state index is 11.8. The van der Waals surface area contributed by atoms with Crippen molar-refractivity contribution in [1.29, 1.82) is 0 Å². The number of nitrogens with one attached hydrogen (secondary N) is 2. The van der Waals surface area contributed by atoms with Crippen LogP contribution in [-0.4, -0.2) is 31.7 Å². The van der Waals surface area contributed by atoms with Crippen molar-refractivity contribution < 1.29 is 9.53 Å². The number of hydrogen-bond donors (Lipinski definition) is 2. The first kappa shape index (κ1) is 12.9. The Morgan fingerprint density at radius 2 is 2.33 bits per heavy atom. The number of piperidine rings is 1. The summed E-state index contributed by atoms with van der Waals surface area (Å²) < 4.78 is 5.06. The first-order valence-corrected chi connectivity index (χ1v) is 6.54. The van der Waals surface area contributed by atoms with Gasteiger partial charge in [0.15, 0.2) is 0 Å². The van der Waals surface area contributed by atoms with Crippen molar-refractivity contribution in [3.05, 3.63) is 29.8 Å². The van der Waals surface area contributed by atoms with Crippen LogP contribution < -0.4 is 10.6 Å². The summed E-state index contributed by atoms with van der Waals surface area (Å²) in [4.78, 5) is 11.8. The zero-order chi connectivity index (χ0) is 12.8. The summed E-state index contributed by atoms with van der Waals surface area (Å²) in [5.74, 6) is -0.260. The molecule has 1 saturated heterocycles. The number of anilines is 1. The van der Waals surface area contributed by atoms with E-state index in [1.165, 1.54) is 6.42 Å². The highest BCUT2D eigenvalue weighted by Crippen LogP contribution is 2.19. The maximum Gasteiger partial charge on any atom is 0.340 e. The minimum Gasteiger partial charge on any atom is -0.462 e. The fourth-order valence-electron chi connectivity index (χ4n) is 2.19. The van der Waals surface area contributed by atoms with Crippen LogP contribution in [0.3, 0.4) is 0 Å². The molecule has 2 N–H and O–H groups in total. The highest BCUT2D eigenvalue weighted by atomic mass is 16.5. The third kappa shape index (κ3) is 3.23. The van der Waals surface area contributed by atoms with E-state index in [4.69, 9.17) is 4.74 Å². The fourth-order valence-corrected chi connectivity index (χ4v) is 2.19. The topological polar surface area (TPSA) is 50.4 Å². The molecule has 1 unspecified atom stereocenters. The molecular weight excluding hydrogens is 228 g/mol. The normalized spacial score (nSPS) is 19.3. The van der Waals surface area contributed by atoms with Gasteiger partial charge < -0.3 is 15.4 Å². The molecule has 0 spiro atoms. The van der Waals surface area contributed by atoms with Crippen LogP contribution in [0.5, 0.6) is 0 Å². The Labute approximate surface area is 108 Å². The van der Waals surface area contributed by atoms with Crippen LogP contribution in [-0.2, 0) is 4.74 Å². The maximum absolute atomic E-state index is 11.8. The zero-order valence-electron chi connectivity index (χ0n) is 10.7. The van der Waals surface area contributed by atoms with E-state index in [0.29, 0.717) is 18.2 Å². The van der Waals surface area contributed by atoms with E-state index in [0.717, 1.165) is 25.2 Å². The van der Waals surface area contributed by atoms with E-state index in [1.807, 2.05) is 25.1 Å². The van der Waals surface area contributed by atoms with Gasteiger partial charge in [0.05, 0.1) is 12.2 Å². The minimum atomic E-state index is -0.260. The molecule has 1 aliphatic rings. The van der Waals surface area contributed by atoms with Crippen molar-refractivity contribution in [2.75, 3.05) is 25.0 Å². The third-order valence-electron chi connectivity index (χ3n) is 3.08. The second-order valence-electron chi connectivity index (χ2n) is 4.45. The van der Waals surface area contributed by atoms with Crippen molar-refractivity contribution >= 4 is 11.7 Å². The minimum absolute atomic E-state index is 0.260. The molecule has 0 saturated carbocycles. The van der Waals surface area contributed by atoms with Gasteiger partial charge in [-0.05, 0) is 38.4 Å². The number of para-hydroxylation sites is 1. The van der Waals surface area contributed by atoms with Crippen molar-refractivity contribution in [3.63, 3.8) is 0 Å². The van der Waals surface area contributed by atoms with Crippen LogP contribution in [0.1, 0.15) is 30.1 Å². The first-order chi connectivity index (χ1) is 8.81. The predicted molar refractivity (Wildman–Crippen MR) is 71.9 cm³/mol. The van der Waals surface area contributed by atoms with Gasteiger partial charge in [-0.15, -0.1) is 0 Å². The van der Waals surface area contributed by atoms with Gasteiger partial charge >= 0.3 is 5.97 Å². The molecule has 1 aromatic carbocycles. The molecule has 2 rings (SSSR count). The van der Waals surface area contributed by atoms with Gasteiger partial charge in [0.1, 0.15) is 0 Å². The van der Waals surface area contributed by atoms with Gasteiger partial charge in [-0.2, -0.15) is 0 Å². The number of rotatable bonds is 4. The highest BCUT2D eigenvalue weighted by molar-refractivity contribution is 5.95. The number of ether oxygens (including phenoxy) is 1. The summed E-state index contributed by atoms with van der Waals surface area (Å²) in [6.45, 7) is 4.24. The standard InChI is InChI=1S/C14H20N2O2/c1-2-18-14(17)12-7-3-4-8-13(12)16-11-6-5-9-15-10-11/h3-4,7-8,11,15-16H,2,5-6,9-10H2,1H3. The Bertz CT molecular complexity index is 401. The van der Waals surface area contributed by atoms with Crippen LogP contribution in [0.15, 0.2) is 24.3 Å². The second-order valence-corrected chi connectivity index (χ2v) is 4.45. The number of carbonyl (C=O) groups is 1. The molecule has 1 aromatic rings. The van der Waals surface area contributed by atoms with Crippen LogP contribution in [0.25, 0.3) is 0 Å². The van der Waals surface area contributed by atoms with Crippen LogP contribution in [0.2, 0.25) is 0 Å². The molecule has 1 heterocycles. The van der Waals surface area contributed by atoms with E-state index in [1.54, 1.807) is 6.07 Å². The number of carbonyl (C=O) groups excluding carboxylic acids is 1. The second kappa shape index (κ2) is 6.40. The van der Waals surface area contributed by atoms with Gasteiger partial charge in [-0.25, -0.2) is 4.79 Å². The lowest BCUT2D eigenvalue weighted by molar-refractivity contribution is 0.0527. The summed E-state index contributed by atoms with van der Waals surface area (Å²) in [6, 6.07) is 7.91. The molecule has 0 aromatic heterocycles. The molecular formula is C14H20N2O2. The average molecular weight is 248 g/mol. The SMILES string of the molecule is CCOC(=O)c1ccccc1NC1CCCNC1. The molecule has 4 heteroatoms. The average Bonchev–Trinajstić information content (AvgIpc) is 2.41. The van der Waals surface area contributed by atoms with Crippen LogP contribution in [0.4, 0.5) is 5.69 Å². The largest absolute Gasteiger partial charge is 0.462 e. The van der Waals surface area contributed by atoms with Crippen molar-refractivity contribution in [2.45, 2.75) is 25.8 Å². The molecule has 0 amide bonds. The Kier molecular flexibility index (Phi) is 4.59. The van der Waals surface area contributed by atoms with E-state index < -0.39 is 0 Å². The molecule has 18 heavy (non-hydrogen) atoms. The van der Waals surface area contributed by atoms with E-state index in [9.17, 15) is 4.79 Å². The molecule has 0 aliphatic carbocycles. The van der Waals surface area contributed by atoms with Crippen molar-refractivity contribution in [3.8, 4) is 0 Å². The Morgan fingerprint density at radius 3 is 3.06 bits per heavy atom. The Morgan fingerprint density at radius 1 is 1.50 bits per heavy atom. The third-order valence-corrected chi connectivity index (χ3v) is 3.08. The lowest BCUT2D eigenvalue weighted by Crippen LogP contribution is -2.38. The van der Waals surface area contributed by atoms with Crippen molar-refractivity contribution in [1.82, 2.24) is 5.32 Å². The number of esters is 1. The molecule has 1 aliphatic heterocycles. The smallest absolute Gasteiger partial charge is 0.340 e. The molecule has 0 bridgehead atoms. The zero-order valence-corrected chi connectivity index (χ0v) is 10.7. The van der Waals surface area contributed by atoms with Gasteiger partial charge in [0.2, 0.25) is 0 Å². The first-order valence-electron chi connectivity index (χ1n) is 6.54. The Balaban J connectivity index is 2.08. The lowest BCUT2D eigenvalue weighted by atomic mass is 10.1. The number of hydrogen-bond acceptors (Lipinski definition) is 4. The van der Waals surface area contributed by atoms with Gasteiger partial charge in [0.25, 0.3) is 0 Å². The van der Waals surface area contributed by atoms with E-state index in [-0.39, 0.29) is 5.97 Å². The van der Waals surface area contributed by atoms with Gasteiger partial charge in [0, 0.05) is 18.3 Å². The quantitative estimate of drug-likeness (QED) is 0.800. The highest BCUT2D eigenvalue weighted by Gasteiger charge is 2.16. The van der Waals surface area contributed by atoms with Gasteiger partial charge in [-0.3, -0.25) is 0 Å². The van der Waals surface area contributed by atoms with E-state index in [2.05, 4.69) is 10.6 Å². The molecule has 0 radical (unpaired) electrons. The molecule has 1 fully saturated rings. The Hall–Kier alpha value is -1.55. The van der Waals surface area contributed by atoms with Crippen LogP contribution >= 0.6 is 0 Å². The summed E-state index contributed by atoms with van der Waals surface area (Å²) in [6.07, 6.45) is 2.30. The molecule has 4 nitrogen and oxygen atoms in total. The number of benzene rings is 1. The monoisotopic (exact) mass is 248 g/mol. The fraction of sp³-hybridized carbons (Fsp3) is 0.500. The summed E-state index contributed by atoms with van der Waals surface area (Å²) >= 11 is 0. The van der Waals surface area contributed by atoms with Crippen molar-refractivity contribution in [2.24, 2.45) is 0 Å². The molecule has 98 valence electrons.